The first-order chi connectivity index (χ1) is 16.9. The van der Waals surface area contributed by atoms with Gasteiger partial charge in [-0.15, -0.1) is 10.1 Å². The van der Waals surface area contributed by atoms with E-state index in [1.807, 2.05) is 25.1 Å². The molecule has 0 spiro atoms. The predicted octanol–water partition coefficient (Wildman–Crippen LogP) is 4.30. The molecule has 0 aromatic heterocycles. The molecule has 10 heteroatoms. The van der Waals surface area contributed by atoms with Crippen LogP contribution in [0.4, 0.5) is 4.79 Å². The maximum atomic E-state index is 12.7. The lowest BCUT2D eigenvalue weighted by Gasteiger charge is -2.32. The first kappa shape index (κ1) is 26.2. The standard InChI is InChI=1S/C25H32N2O8/c1-19-6-9-21(24(15-19)32-14-4-13-31-2)18-33-23-5-3-12-26(16-23)25(28)35-22-10-7-20(8-11-22)17-34-27(29)30/h6-11,15,23H,3-5,12-14,16-18H2,1-2H3. The van der Waals surface area contributed by atoms with Gasteiger partial charge in [0.15, 0.2) is 0 Å². The van der Waals surface area contributed by atoms with Crippen molar-refractivity contribution in [2.24, 2.45) is 0 Å². The lowest BCUT2D eigenvalue weighted by Crippen LogP contribution is -2.44. The Kier molecular flexibility index (Phi) is 10.1. The van der Waals surface area contributed by atoms with E-state index in [0.29, 0.717) is 44.2 Å². The molecule has 10 nitrogen and oxygen atoms in total. The van der Waals surface area contributed by atoms with Crippen LogP contribution in [-0.2, 0) is 27.5 Å². The van der Waals surface area contributed by atoms with Crippen LogP contribution < -0.4 is 9.47 Å². The molecule has 0 radical (unpaired) electrons. The van der Waals surface area contributed by atoms with Gasteiger partial charge in [0.1, 0.15) is 18.1 Å². The van der Waals surface area contributed by atoms with E-state index in [0.717, 1.165) is 36.1 Å². The number of amides is 1. The minimum absolute atomic E-state index is 0.111. The number of carbonyl (C=O) groups is 1. The van der Waals surface area contributed by atoms with Crippen molar-refractivity contribution < 1.29 is 33.7 Å². The summed E-state index contributed by atoms with van der Waals surface area (Å²) in [4.78, 5) is 28.9. The van der Waals surface area contributed by atoms with Crippen molar-refractivity contribution in [3.63, 3.8) is 0 Å². The fourth-order valence-electron chi connectivity index (χ4n) is 3.69. The van der Waals surface area contributed by atoms with Gasteiger partial charge < -0.3 is 28.7 Å². The summed E-state index contributed by atoms with van der Waals surface area (Å²) >= 11 is 0. The Hall–Kier alpha value is -3.37. The largest absolute Gasteiger partial charge is 0.493 e. The Bertz CT molecular complexity index is 966. The number of benzene rings is 2. The highest BCUT2D eigenvalue weighted by Gasteiger charge is 2.26. The summed E-state index contributed by atoms with van der Waals surface area (Å²) < 4.78 is 22.6. The number of hydrogen-bond acceptors (Lipinski definition) is 8. The molecule has 1 unspecified atom stereocenters. The maximum absolute atomic E-state index is 12.7. The van der Waals surface area contributed by atoms with E-state index in [-0.39, 0.29) is 12.7 Å². The number of methoxy groups -OCH3 is 1. The average Bonchev–Trinajstić information content (AvgIpc) is 2.86. The van der Waals surface area contributed by atoms with E-state index in [4.69, 9.17) is 18.9 Å². The molecule has 1 saturated heterocycles. The van der Waals surface area contributed by atoms with Crippen LogP contribution in [0, 0.1) is 17.0 Å². The van der Waals surface area contributed by atoms with Gasteiger partial charge in [-0.1, -0.05) is 24.3 Å². The van der Waals surface area contributed by atoms with Gasteiger partial charge in [-0.3, -0.25) is 0 Å². The van der Waals surface area contributed by atoms with E-state index < -0.39 is 11.2 Å². The Morgan fingerprint density at radius 1 is 1.14 bits per heavy atom. The highest BCUT2D eigenvalue weighted by Crippen LogP contribution is 2.24. The minimum atomic E-state index is -0.849. The second-order valence-corrected chi connectivity index (χ2v) is 8.34. The van der Waals surface area contributed by atoms with Gasteiger partial charge in [0.25, 0.3) is 5.09 Å². The van der Waals surface area contributed by atoms with E-state index in [1.54, 1.807) is 36.3 Å². The van der Waals surface area contributed by atoms with Crippen molar-refractivity contribution >= 4 is 6.09 Å². The molecule has 35 heavy (non-hydrogen) atoms. The van der Waals surface area contributed by atoms with Gasteiger partial charge in [-0.05, 0) is 49.1 Å². The Labute approximate surface area is 204 Å². The molecule has 0 bridgehead atoms. The molecule has 2 aromatic carbocycles. The monoisotopic (exact) mass is 488 g/mol. The first-order valence-electron chi connectivity index (χ1n) is 11.6. The van der Waals surface area contributed by atoms with Crippen LogP contribution in [0.3, 0.4) is 0 Å². The highest BCUT2D eigenvalue weighted by molar-refractivity contribution is 5.70. The molecule has 1 atom stereocenters. The van der Waals surface area contributed by atoms with Crippen molar-refractivity contribution in [3.8, 4) is 11.5 Å². The van der Waals surface area contributed by atoms with Crippen LogP contribution in [0.5, 0.6) is 11.5 Å². The zero-order valence-electron chi connectivity index (χ0n) is 20.1. The second kappa shape index (κ2) is 13.5. The van der Waals surface area contributed by atoms with Crippen LogP contribution in [0.1, 0.15) is 36.0 Å². The van der Waals surface area contributed by atoms with Gasteiger partial charge in [-0.25, -0.2) is 4.79 Å². The van der Waals surface area contributed by atoms with Crippen LogP contribution in [0.25, 0.3) is 0 Å². The number of nitrogens with zero attached hydrogens (tertiary/aromatic N) is 2. The summed E-state index contributed by atoms with van der Waals surface area (Å²) in [7, 11) is 1.67. The normalized spacial score (nSPS) is 15.5. The average molecular weight is 489 g/mol. The summed E-state index contributed by atoms with van der Waals surface area (Å²) in [6, 6.07) is 12.4. The number of carbonyl (C=O) groups excluding carboxylic acids is 1. The molecular weight excluding hydrogens is 456 g/mol. The van der Waals surface area contributed by atoms with E-state index in [9.17, 15) is 14.9 Å². The number of likely N-dealkylation sites (tertiary alicyclic amines) is 1. The molecule has 0 saturated carbocycles. The summed E-state index contributed by atoms with van der Waals surface area (Å²) in [5, 5.41) is 9.45. The maximum Gasteiger partial charge on any atom is 0.415 e. The third-order valence-corrected chi connectivity index (χ3v) is 5.55. The van der Waals surface area contributed by atoms with Gasteiger partial charge in [-0.2, -0.15) is 0 Å². The Balaban J connectivity index is 1.49. The van der Waals surface area contributed by atoms with E-state index in [2.05, 4.69) is 4.84 Å². The number of rotatable bonds is 12. The van der Waals surface area contributed by atoms with Gasteiger partial charge in [0.05, 0.1) is 25.9 Å². The fourth-order valence-corrected chi connectivity index (χ4v) is 3.69. The SMILES string of the molecule is COCCCOc1cc(C)ccc1COC1CCCN(C(=O)Oc2ccc(CO[N+](=O)[O-])cc2)C1. The van der Waals surface area contributed by atoms with Crippen LogP contribution in [-0.4, -0.2) is 55.6 Å². The van der Waals surface area contributed by atoms with E-state index in [1.165, 1.54) is 0 Å². The third-order valence-electron chi connectivity index (χ3n) is 5.55. The third kappa shape index (κ3) is 8.73. The predicted molar refractivity (Wildman–Crippen MR) is 127 cm³/mol. The van der Waals surface area contributed by atoms with Crippen molar-refractivity contribution in [2.45, 2.75) is 45.5 Å². The highest BCUT2D eigenvalue weighted by atomic mass is 16.9. The van der Waals surface area contributed by atoms with Crippen molar-refractivity contribution in [1.82, 2.24) is 4.90 Å². The van der Waals surface area contributed by atoms with Crippen molar-refractivity contribution in [3.05, 3.63) is 69.3 Å². The fraction of sp³-hybridized carbons (Fsp3) is 0.480. The summed E-state index contributed by atoms with van der Waals surface area (Å²) in [6.07, 6.45) is 1.90. The molecule has 1 aliphatic heterocycles. The summed E-state index contributed by atoms with van der Waals surface area (Å²) in [5.74, 6) is 1.16. The lowest BCUT2D eigenvalue weighted by molar-refractivity contribution is -0.763. The van der Waals surface area contributed by atoms with Crippen LogP contribution >= 0.6 is 0 Å². The number of ether oxygens (including phenoxy) is 4. The molecule has 1 amide bonds. The van der Waals surface area contributed by atoms with Crippen LogP contribution in [0.15, 0.2) is 42.5 Å². The smallest absolute Gasteiger partial charge is 0.415 e. The Morgan fingerprint density at radius 3 is 2.69 bits per heavy atom. The quantitative estimate of drug-likeness (QED) is 0.247. The van der Waals surface area contributed by atoms with Crippen LogP contribution in [0.2, 0.25) is 0 Å². The molecule has 0 aliphatic carbocycles. The first-order valence-corrected chi connectivity index (χ1v) is 11.6. The minimum Gasteiger partial charge on any atom is -0.493 e. The van der Waals surface area contributed by atoms with E-state index >= 15 is 0 Å². The molecular formula is C25H32N2O8. The summed E-state index contributed by atoms with van der Waals surface area (Å²) in [5.41, 5.74) is 2.68. The van der Waals surface area contributed by atoms with Gasteiger partial charge in [0, 0.05) is 32.2 Å². The zero-order valence-corrected chi connectivity index (χ0v) is 20.1. The molecule has 3 rings (SSSR count). The molecule has 0 N–H and O–H groups in total. The molecule has 1 aliphatic rings. The number of hydrogen-bond donors (Lipinski definition) is 0. The Morgan fingerprint density at radius 2 is 1.94 bits per heavy atom. The molecule has 1 fully saturated rings. The van der Waals surface area contributed by atoms with Gasteiger partial charge in [0.2, 0.25) is 0 Å². The van der Waals surface area contributed by atoms with Crippen molar-refractivity contribution in [1.29, 1.82) is 0 Å². The lowest BCUT2D eigenvalue weighted by atomic mass is 10.1. The van der Waals surface area contributed by atoms with Gasteiger partial charge >= 0.3 is 6.09 Å². The molecule has 190 valence electrons. The molecule has 2 aromatic rings. The second-order valence-electron chi connectivity index (χ2n) is 8.34. The topological polar surface area (TPSA) is 110 Å². The number of piperidine rings is 1. The summed E-state index contributed by atoms with van der Waals surface area (Å²) in [6.45, 7) is 4.48. The van der Waals surface area contributed by atoms with Crippen molar-refractivity contribution in [2.75, 3.05) is 33.4 Å². The zero-order chi connectivity index (χ0) is 25.0. The molecule has 1 heterocycles. The number of aryl methyl sites for hydroxylation is 1.